The molecule has 0 atom stereocenters. The lowest BCUT2D eigenvalue weighted by Gasteiger charge is -2.04. The van der Waals surface area contributed by atoms with E-state index in [1.807, 2.05) is 0 Å². The van der Waals surface area contributed by atoms with Crippen molar-refractivity contribution in [3.05, 3.63) is 41.0 Å². The highest BCUT2D eigenvalue weighted by molar-refractivity contribution is 5.50. The number of nitrogens with zero attached hydrogens (tertiary/aromatic N) is 4. The van der Waals surface area contributed by atoms with Gasteiger partial charge in [0.05, 0.1) is 17.1 Å². The second kappa shape index (κ2) is 3.97. The number of imidazole rings is 1. The summed E-state index contributed by atoms with van der Waals surface area (Å²) in [5.41, 5.74) is -0.0111. The summed E-state index contributed by atoms with van der Waals surface area (Å²) in [7, 11) is 1.66. The predicted molar refractivity (Wildman–Crippen MR) is 57.6 cm³/mol. The predicted octanol–water partition coefficient (Wildman–Crippen LogP) is 1.22. The average Bonchev–Trinajstić information content (AvgIpc) is 2.81. The van der Waals surface area contributed by atoms with E-state index in [0.717, 1.165) is 0 Å². The molecule has 2 aromatic heterocycles. The van der Waals surface area contributed by atoms with Crippen LogP contribution >= 0.6 is 0 Å². The van der Waals surface area contributed by atoms with Gasteiger partial charge in [0.1, 0.15) is 18.0 Å². The van der Waals surface area contributed by atoms with E-state index in [9.17, 15) is 10.1 Å². The Hall–Kier alpha value is -2.44. The molecule has 0 bridgehead atoms. The van der Waals surface area contributed by atoms with Crippen LogP contribution in [0.5, 0.6) is 0 Å². The molecule has 2 aromatic rings. The normalized spacial score (nSPS) is 10.1. The minimum atomic E-state index is -0.455. The molecule has 1 N–H and O–H groups in total. The number of hydrogen-bond donors (Lipinski definition) is 1. The van der Waals surface area contributed by atoms with Crippen molar-refractivity contribution in [2.24, 2.45) is 0 Å². The third kappa shape index (κ3) is 1.83. The van der Waals surface area contributed by atoms with Gasteiger partial charge in [-0.25, -0.2) is 9.97 Å². The lowest BCUT2D eigenvalue weighted by Crippen LogP contribution is -2.01. The molecule has 0 saturated carbocycles. The molecule has 0 fully saturated rings. The third-order valence-electron chi connectivity index (χ3n) is 2.03. The van der Waals surface area contributed by atoms with Gasteiger partial charge in [-0.1, -0.05) is 0 Å². The quantitative estimate of drug-likeness (QED) is 0.619. The van der Waals surface area contributed by atoms with E-state index in [2.05, 4.69) is 15.3 Å². The molecule has 0 radical (unpaired) electrons. The minimum absolute atomic E-state index is 0.0111. The van der Waals surface area contributed by atoms with E-state index in [4.69, 9.17) is 0 Å². The third-order valence-corrected chi connectivity index (χ3v) is 2.03. The Morgan fingerprint density at radius 2 is 2.31 bits per heavy atom. The first kappa shape index (κ1) is 10.1. The average molecular weight is 219 g/mol. The molecule has 0 aliphatic heterocycles. The Morgan fingerprint density at radius 1 is 1.50 bits per heavy atom. The maximum absolute atomic E-state index is 10.7. The van der Waals surface area contributed by atoms with Gasteiger partial charge in [-0.15, -0.1) is 0 Å². The molecule has 2 rings (SSSR count). The zero-order valence-electron chi connectivity index (χ0n) is 8.49. The van der Waals surface area contributed by atoms with Crippen molar-refractivity contribution in [1.29, 1.82) is 0 Å². The van der Waals surface area contributed by atoms with E-state index in [-0.39, 0.29) is 5.69 Å². The molecule has 0 aliphatic rings. The smallest absolute Gasteiger partial charge is 0.276 e. The van der Waals surface area contributed by atoms with Gasteiger partial charge in [0.25, 0.3) is 5.69 Å². The number of aromatic nitrogens is 3. The highest BCUT2D eigenvalue weighted by Gasteiger charge is 2.11. The van der Waals surface area contributed by atoms with Crippen LogP contribution in [-0.4, -0.2) is 26.5 Å². The molecule has 0 saturated heterocycles. The Bertz CT molecular complexity index is 509. The number of rotatable bonds is 3. The first-order valence-corrected chi connectivity index (χ1v) is 4.53. The molecule has 0 aliphatic carbocycles. The van der Waals surface area contributed by atoms with Crippen LogP contribution in [-0.2, 0) is 0 Å². The minimum Gasteiger partial charge on any atom is -0.373 e. The van der Waals surface area contributed by atoms with Crippen molar-refractivity contribution in [2.45, 2.75) is 0 Å². The molecule has 2 heterocycles. The van der Waals surface area contributed by atoms with Gasteiger partial charge in [-0.3, -0.25) is 14.7 Å². The number of pyridine rings is 1. The van der Waals surface area contributed by atoms with Crippen molar-refractivity contribution in [3.63, 3.8) is 0 Å². The van der Waals surface area contributed by atoms with Crippen LogP contribution in [0.1, 0.15) is 0 Å². The molecule has 7 heteroatoms. The molecular weight excluding hydrogens is 210 g/mol. The summed E-state index contributed by atoms with van der Waals surface area (Å²) in [5.74, 6) is 0.897. The standard InChI is InChI=1S/C9H9N5O2/c1-10-8-4-7(14(15)16)5-9(12-8)13-3-2-11-6-13/h2-6H,1H3,(H,10,12). The van der Waals surface area contributed by atoms with Gasteiger partial charge in [0.2, 0.25) is 0 Å². The first-order valence-electron chi connectivity index (χ1n) is 4.53. The van der Waals surface area contributed by atoms with Crippen LogP contribution in [0.4, 0.5) is 11.5 Å². The van der Waals surface area contributed by atoms with E-state index < -0.39 is 4.92 Å². The molecule has 82 valence electrons. The summed E-state index contributed by atoms with van der Waals surface area (Å²) >= 11 is 0. The number of hydrogen-bond acceptors (Lipinski definition) is 5. The second-order valence-corrected chi connectivity index (χ2v) is 3.05. The van der Waals surface area contributed by atoms with Crippen LogP contribution in [0.25, 0.3) is 5.82 Å². The van der Waals surface area contributed by atoms with E-state index in [0.29, 0.717) is 11.6 Å². The summed E-state index contributed by atoms with van der Waals surface area (Å²) in [5, 5.41) is 13.5. The maximum Gasteiger partial charge on any atom is 0.276 e. The zero-order valence-corrected chi connectivity index (χ0v) is 8.49. The van der Waals surface area contributed by atoms with E-state index in [1.165, 1.54) is 18.5 Å². The molecule has 0 unspecified atom stereocenters. The Balaban J connectivity index is 2.53. The van der Waals surface area contributed by atoms with Gasteiger partial charge in [-0.2, -0.15) is 0 Å². The highest BCUT2D eigenvalue weighted by atomic mass is 16.6. The van der Waals surface area contributed by atoms with Crippen LogP contribution < -0.4 is 5.32 Å². The second-order valence-electron chi connectivity index (χ2n) is 3.05. The van der Waals surface area contributed by atoms with Crippen molar-refractivity contribution in [3.8, 4) is 5.82 Å². The summed E-state index contributed by atoms with van der Waals surface area (Å²) < 4.78 is 1.60. The first-order chi connectivity index (χ1) is 7.70. The monoisotopic (exact) mass is 219 g/mol. The SMILES string of the molecule is CNc1cc([N+](=O)[O-])cc(-n2ccnc2)n1. The zero-order chi connectivity index (χ0) is 11.5. The summed E-state index contributed by atoms with van der Waals surface area (Å²) in [6, 6.07) is 2.77. The fraction of sp³-hybridized carbons (Fsp3) is 0.111. The Kier molecular flexibility index (Phi) is 2.50. The number of nitrogens with one attached hydrogen (secondary N) is 1. The Labute approximate surface area is 90.9 Å². The van der Waals surface area contributed by atoms with Crippen LogP contribution in [0.3, 0.4) is 0 Å². The van der Waals surface area contributed by atoms with Crippen LogP contribution in [0.2, 0.25) is 0 Å². The van der Waals surface area contributed by atoms with Gasteiger partial charge in [0.15, 0.2) is 0 Å². The number of anilines is 1. The largest absolute Gasteiger partial charge is 0.373 e. The van der Waals surface area contributed by atoms with Crippen molar-refractivity contribution in [2.75, 3.05) is 12.4 Å². The summed E-state index contributed by atoms with van der Waals surface area (Å²) in [4.78, 5) is 18.3. The molecular formula is C9H9N5O2. The topological polar surface area (TPSA) is 85.9 Å². The fourth-order valence-corrected chi connectivity index (χ4v) is 1.26. The van der Waals surface area contributed by atoms with Gasteiger partial charge >= 0.3 is 0 Å². The lowest BCUT2D eigenvalue weighted by molar-refractivity contribution is -0.384. The van der Waals surface area contributed by atoms with Gasteiger partial charge in [0, 0.05) is 19.4 Å². The van der Waals surface area contributed by atoms with Crippen molar-refractivity contribution >= 4 is 11.5 Å². The Morgan fingerprint density at radius 3 is 2.88 bits per heavy atom. The molecule has 0 spiro atoms. The van der Waals surface area contributed by atoms with Crippen LogP contribution in [0, 0.1) is 10.1 Å². The molecule has 16 heavy (non-hydrogen) atoms. The van der Waals surface area contributed by atoms with Gasteiger partial charge < -0.3 is 5.32 Å². The fourth-order valence-electron chi connectivity index (χ4n) is 1.26. The molecule has 0 amide bonds. The van der Waals surface area contributed by atoms with Crippen molar-refractivity contribution < 1.29 is 4.92 Å². The summed E-state index contributed by atoms with van der Waals surface area (Å²) in [6.07, 6.45) is 4.79. The highest BCUT2D eigenvalue weighted by Crippen LogP contribution is 2.19. The lowest BCUT2D eigenvalue weighted by atomic mass is 10.3. The van der Waals surface area contributed by atoms with Crippen molar-refractivity contribution in [1.82, 2.24) is 14.5 Å². The molecule has 0 aromatic carbocycles. The van der Waals surface area contributed by atoms with E-state index >= 15 is 0 Å². The van der Waals surface area contributed by atoms with Crippen LogP contribution in [0.15, 0.2) is 30.9 Å². The maximum atomic E-state index is 10.7. The van der Waals surface area contributed by atoms with Gasteiger partial charge in [-0.05, 0) is 0 Å². The van der Waals surface area contributed by atoms with E-state index in [1.54, 1.807) is 24.0 Å². The summed E-state index contributed by atoms with van der Waals surface area (Å²) in [6.45, 7) is 0. The molecule has 7 nitrogen and oxygen atoms in total. The number of nitro groups is 1.